The third-order valence-corrected chi connectivity index (χ3v) is 13.9. The van der Waals surface area contributed by atoms with Crippen molar-refractivity contribution in [3.05, 3.63) is 53.6 Å². The van der Waals surface area contributed by atoms with Crippen LogP contribution in [0, 0.1) is 24.0 Å². The van der Waals surface area contributed by atoms with E-state index in [-0.39, 0.29) is 51.7 Å². The standard InChI is InChI=1S/C36H35F3N4O4S/c1-2-25-29(38)8-5-22-17-24(44)18-28(30(22)25)26-6-7-27-32(31(26)39)40-34(47-21-35-9-3-13-43(35)20-23(37)19-35)41-33(27)42-14-11-36(12-15-42)10-4-16-48(36,45)46/h1,5-8,17-18,23,44H,3-4,9-16,19-21H2/t23-,35+/m1/s1. The number of terminal acetylenes is 1. The number of fused-ring (bicyclic) bond motifs is 3. The third kappa shape index (κ3) is 4.80. The number of rotatable bonds is 5. The second-order valence-corrected chi connectivity index (χ2v) is 16.3. The summed E-state index contributed by atoms with van der Waals surface area (Å²) < 4.78 is 77.7. The van der Waals surface area contributed by atoms with Crippen LogP contribution in [-0.2, 0) is 9.84 Å². The summed E-state index contributed by atoms with van der Waals surface area (Å²) in [6, 6.07) is 8.62. The normalized spacial score (nSPS) is 24.8. The van der Waals surface area contributed by atoms with Gasteiger partial charge in [0.1, 0.15) is 35.7 Å². The molecule has 250 valence electrons. The Morgan fingerprint density at radius 2 is 1.83 bits per heavy atom. The number of aromatic nitrogens is 2. The van der Waals surface area contributed by atoms with Gasteiger partial charge in [-0.05, 0) is 80.3 Å². The van der Waals surface area contributed by atoms with Gasteiger partial charge in [0, 0.05) is 42.4 Å². The Bertz CT molecular complexity index is 2130. The lowest BCUT2D eigenvalue weighted by Crippen LogP contribution is -2.47. The highest BCUT2D eigenvalue weighted by atomic mass is 32.2. The first-order valence-corrected chi connectivity index (χ1v) is 18.1. The zero-order valence-electron chi connectivity index (χ0n) is 26.3. The number of alkyl halides is 1. The van der Waals surface area contributed by atoms with Crippen molar-refractivity contribution in [3.63, 3.8) is 0 Å². The smallest absolute Gasteiger partial charge is 0.319 e. The van der Waals surface area contributed by atoms with Gasteiger partial charge in [-0.25, -0.2) is 21.6 Å². The molecule has 8 rings (SSSR count). The lowest BCUT2D eigenvalue weighted by atomic mass is 9.91. The van der Waals surface area contributed by atoms with Crippen LogP contribution in [0.2, 0.25) is 0 Å². The minimum absolute atomic E-state index is 0.0485. The summed E-state index contributed by atoms with van der Waals surface area (Å²) in [4.78, 5) is 13.4. The van der Waals surface area contributed by atoms with Gasteiger partial charge in [0.15, 0.2) is 15.7 Å². The maximum Gasteiger partial charge on any atom is 0.319 e. The minimum atomic E-state index is -3.21. The van der Waals surface area contributed by atoms with Crippen molar-refractivity contribution in [2.75, 3.05) is 43.4 Å². The summed E-state index contributed by atoms with van der Waals surface area (Å²) in [6.07, 6.45) is 8.92. The molecule has 4 fully saturated rings. The van der Waals surface area contributed by atoms with Crippen LogP contribution >= 0.6 is 0 Å². The van der Waals surface area contributed by atoms with Crippen molar-refractivity contribution in [1.29, 1.82) is 0 Å². The molecule has 48 heavy (non-hydrogen) atoms. The van der Waals surface area contributed by atoms with Crippen LogP contribution in [0.5, 0.6) is 11.8 Å². The molecule has 0 amide bonds. The molecular weight excluding hydrogens is 641 g/mol. The van der Waals surface area contributed by atoms with Gasteiger partial charge < -0.3 is 14.7 Å². The topological polar surface area (TPSA) is 95.9 Å². The number of ether oxygens (including phenoxy) is 1. The number of phenolic OH excluding ortho intramolecular Hbond substituents is 1. The second kappa shape index (κ2) is 11.2. The van der Waals surface area contributed by atoms with Gasteiger partial charge in [-0.1, -0.05) is 18.1 Å². The predicted octanol–water partition coefficient (Wildman–Crippen LogP) is 5.92. The molecule has 3 aromatic carbocycles. The highest BCUT2D eigenvalue weighted by Crippen LogP contribution is 2.45. The van der Waals surface area contributed by atoms with Gasteiger partial charge in [-0.2, -0.15) is 9.97 Å². The molecule has 8 nitrogen and oxygen atoms in total. The summed E-state index contributed by atoms with van der Waals surface area (Å²) in [5.74, 6) is 1.45. The number of hydrogen-bond acceptors (Lipinski definition) is 8. The molecule has 0 aliphatic carbocycles. The van der Waals surface area contributed by atoms with Crippen molar-refractivity contribution in [2.45, 2.75) is 61.4 Å². The van der Waals surface area contributed by atoms with Gasteiger partial charge in [0.2, 0.25) is 0 Å². The molecule has 0 radical (unpaired) electrons. The maximum atomic E-state index is 16.9. The van der Waals surface area contributed by atoms with Crippen molar-refractivity contribution in [2.24, 2.45) is 0 Å². The fraction of sp³-hybridized carbons (Fsp3) is 0.444. The van der Waals surface area contributed by atoms with Crippen LogP contribution in [-0.4, -0.2) is 83.4 Å². The fourth-order valence-corrected chi connectivity index (χ4v) is 10.9. The van der Waals surface area contributed by atoms with E-state index in [4.69, 9.17) is 16.1 Å². The monoisotopic (exact) mass is 676 g/mol. The fourth-order valence-electron chi connectivity index (χ4n) is 8.71. The number of hydrogen-bond donors (Lipinski definition) is 1. The molecule has 0 unspecified atom stereocenters. The molecule has 4 aromatic rings. The highest BCUT2D eigenvalue weighted by Gasteiger charge is 2.50. The summed E-state index contributed by atoms with van der Waals surface area (Å²) in [6.45, 7) is 2.07. The summed E-state index contributed by atoms with van der Waals surface area (Å²) >= 11 is 0. The summed E-state index contributed by atoms with van der Waals surface area (Å²) in [5, 5.41) is 11.7. The number of aromatic hydroxyl groups is 1. The zero-order valence-corrected chi connectivity index (χ0v) is 27.1. The largest absolute Gasteiger partial charge is 0.508 e. The predicted molar refractivity (Wildman–Crippen MR) is 178 cm³/mol. The van der Waals surface area contributed by atoms with Gasteiger partial charge in [0.25, 0.3) is 0 Å². The zero-order chi connectivity index (χ0) is 33.4. The number of phenols is 1. The van der Waals surface area contributed by atoms with E-state index in [9.17, 15) is 22.3 Å². The Morgan fingerprint density at radius 3 is 2.58 bits per heavy atom. The molecule has 4 saturated heterocycles. The number of piperidine rings is 1. The van der Waals surface area contributed by atoms with Crippen molar-refractivity contribution >= 4 is 37.3 Å². The lowest BCUT2D eigenvalue weighted by Gasteiger charge is -2.39. The van der Waals surface area contributed by atoms with E-state index >= 15 is 4.39 Å². The molecule has 5 heterocycles. The van der Waals surface area contributed by atoms with Crippen molar-refractivity contribution in [3.8, 4) is 35.2 Å². The third-order valence-electron chi connectivity index (χ3n) is 11.2. The number of benzene rings is 3. The average molecular weight is 677 g/mol. The first-order chi connectivity index (χ1) is 23.0. The van der Waals surface area contributed by atoms with Gasteiger partial charge in [-0.3, -0.25) is 4.90 Å². The van der Waals surface area contributed by atoms with E-state index in [0.717, 1.165) is 19.4 Å². The molecule has 12 heteroatoms. The lowest BCUT2D eigenvalue weighted by molar-refractivity contribution is 0.107. The summed E-state index contributed by atoms with van der Waals surface area (Å²) in [5.41, 5.74) is -0.338. The van der Waals surface area contributed by atoms with Crippen LogP contribution in [0.1, 0.15) is 50.5 Å². The SMILES string of the molecule is C#Cc1c(F)ccc2cc(O)cc(-c3ccc4c(N5CCC6(CCCS6(=O)=O)CC5)nc(OC[C@@]56CCCN5C[C@H](F)C6)nc4c3F)c12. The summed E-state index contributed by atoms with van der Waals surface area (Å²) in [7, 11) is -3.21. The minimum Gasteiger partial charge on any atom is -0.508 e. The van der Waals surface area contributed by atoms with Crippen LogP contribution < -0.4 is 9.64 Å². The van der Waals surface area contributed by atoms with E-state index in [0.29, 0.717) is 68.3 Å². The van der Waals surface area contributed by atoms with Crippen molar-refractivity contribution < 1.29 is 31.4 Å². The van der Waals surface area contributed by atoms with Gasteiger partial charge in [0.05, 0.1) is 21.6 Å². The van der Waals surface area contributed by atoms with Crippen LogP contribution in [0.4, 0.5) is 19.0 Å². The molecule has 0 saturated carbocycles. The Balaban J connectivity index is 1.25. The Morgan fingerprint density at radius 1 is 1.02 bits per heavy atom. The van der Waals surface area contributed by atoms with E-state index < -0.39 is 37.9 Å². The Hall–Kier alpha value is -4.08. The molecule has 1 N–H and O–H groups in total. The van der Waals surface area contributed by atoms with E-state index in [1.807, 2.05) is 4.90 Å². The molecule has 0 bridgehead atoms. The van der Waals surface area contributed by atoms with Gasteiger partial charge in [-0.15, -0.1) is 6.42 Å². The van der Waals surface area contributed by atoms with Crippen LogP contribution in [0.25, 0.3) is 32.8 Å². The average Bonchev–Trinajstić information content (AvgIpc) is 3.69. The number of sulfone groups is 1. The van der Waals surface area contributed by atoms with Crippen LogP contribution in [0.15, 0.2) is 36.4 Å². The molecular formula is C36H35F3N4O4S. The maximum absolute atomic E-state index is 16.9. The molecule has 4 aliphatic rings. The highest BCUT2D eigenvalue weighted by molar-refractivity contribution is 7.93. The number of halogens is 3. The van der Waals surface area contributed by atoms with E-state index in [1.165, 1.54) is 30.3 Å². The molecule has 1 spiro atoms. The first kappa shape index (κ1) is 31.2. The van der Waals surface area contributed by atoms with E-state index in [1.54, 1.807) is 6.07 Å². The molecule has 1 aromatic heterocycles. The van der Waals surface area contributed by atoms with E-state index in [2.05, 4.69) is 15.8 Å². The Labute approximate surface area is 276 Å². The van der Waals surface area contributed by atoms with Gasteiger partial charge >= 0.3 is 6.01 Å². The quantitative estimate of drug-likeness (QED) is 0.261. The first-order valence-electron chi connectivity index (χ1n) is 16.4. The second-order valence-electron chi connectivity index (χ2n) is 13.8. The number of nitrogens with zero attached hydrogens (tertiary/aromatic N) is 4. The molecule has 2 atom stereocenters. The Kier molecular flexibility index (Phi) is 7.31. The van der Waals surface area contributed by atoms with Crippen molar-refractivity contribution in [1.82, 2.24) is 14.9 Å². The van der Waals surface area contributed by atoms with Crippen LogP contribution in [0.3, 0.4) is 0 Å². The number of anilines is 1. The molecule has 4 aliphatic heterocycles.